The van der Waals surface area contributed by atoms with Gasteiger partial charge >= 0.3 is 12.0 Å². The van der Waals surface area contributed by atoms with Gasteiger partial charge in [-0.2, -0.15) is 0 Å². The predicted octanol–water partition coefficient (Wildman–Crippen LogP) is 3.52. The number of nitrogens with zero attached hydrogens (tertiary/aromatic N) is 1. The number of carbonyl (C=O) groups is 3. The zero-order valence-corrected chi connectivity index (χ0v) is 16.6. The third kappa shape index (κ3) is 4.26. The average Bonchev–Trinajstić information content (AvgIpc) is 2.74. The van der Waals surface area contributed by atoms with Crippen molar-refractivity contribution in [3.05, 3.63) is 34.9 Å². The summed E-state index contributed by atoms with van der Waals surface area (Å²) in [7, 11) is 0. The molecule has 3 rings (SSSR count). The number of carbonyl (C=O) groups excluding carboxylic acids is 3. The summed E-state index contributed by atoms with van der Waals surface area (Å²) in [5.41, 5.74) is -0.220. The first kappa shape index (κ1) is 19.7. The zero-order chi connectivity index (χ0) is 19.8. The Morgan fingerprint density at radius 2 is 2.07 bits per heavy atom. The Labute approximate surface area is 164 Å². The van der Waals surface area contributed by atoms with E-state index in [1.54, 1.807) is 24.3 Å². The molecule has 1 N–H and O–H groups in total. The van der Waals surface area contributed by atoms with Gasteiger partial charge in [0.05, 0.1) is 0 Å². The number of amides is 3. The molecular weight excluding hydrogens is 368 g/mol. The summed E-state index contributed by atoms with van der Waals surface area (Å²) >= 11 is 5.91. The maximum Gasteiger partial charge on any atom is 0.326 e. The molecule has 3 amide bonds. The van der Waals surface area contributed by atoms with Gasteiger partial charge in [-0.3, -0.25) is 14.5 Å². The van der Waals surface area contributed by atoms with E-state index in [-0.39, 0.29) is 24.5 Å². The minimum Gasteiger partial charge on any atom is -0.459 e. The minimum absolute atomic E-state index is 0.0399. The van der Waals surface area contributed by atoms with Crippen molar-refractivity contribution in [2.24, 2.45) is 11.3 Å². The maximum absolute atomic E-state index is 13.0. The van der Waals surface area contributed by atoms with E-state index in [1.807, 2.05) is 0 Å². The molecule has 2 aliphatic rings. The molecule has 0 unspecified atom stereocenters. The fraction of sp³-hybridized carbons (Fsp3) is 0.550. The first-order chi connectivity index (χ1) is 12.6. The fourth-order valence-electron chi connectivity index (χ4n) is 4.61. The van der Waals surface area contributed by atoms with Crippen LogP contribution in [0.4, 0.5) is 4.79 Å². The van der Waals surface area contributed by atoms with Gasteiger partial charge in [0.15, 0.2) is 0 Å². The summed E-state index contributed by atoms with van der Waals surface area (Å²) in [5.74, 6) is -0.641. The highest BCUT2D eigenvalue weighted by molar-refractivity contribution is 6.30. The van der Waals surface area contributed by atoms with Crippen molar-refractivity contribution < 1.29 is 19.1 Å². The number of halogens is 1. The van der Waals surface area contributed by atoms with Crippen LogP contribution in [0.3, 0.4) is 0 Å². The molecule has 1 heterocycles. The molecule has 1 aromatic carbocycles. The normalized spacial score (nSPS) is 27.0. The molecule has 7 heteroatoms. The number of esters is 1. The SMILES string of the molecule is C[C@H]1CC(C)(C)C[C@]2(C1)NC(=O)N(CC(=O)OCc1cccc(Cl)c1)C2=O. The molecule has 1 aromatic rings. The van der Waals surface area contributed by atoms with Crippen LogP contribution in [0, 0.1) is 11.3 Å². The summed E-state index contributed by atoms with van der Waals surface area (Å²) in [5, 5.41) is 3.40. The number of hydrogen-bond acceptors (Lipinski definition) is 4. The molecule has 0 aromatic heterocycles. The van der Waals surface area contributed by atoms with Crippen LogP contribution in [0.1, 0.15) is 45.6 Å². The predicted molar refractivity (Wildman–Crippen MR) is 101 cm³/mol. The number of hydrogen-bond donors (Lipinski definition) is 1. The van der Waals surface area contributed by atoms with Crippen molar-refractivity contribution in [2.45, 2.75) is 52.2 Å². The Morgan fingerprint density at radius 3 is 2.74 bits per heavy atom. The second kappa shape index (κ2) is 7.15. The van der Waals surface area contributed by atoms with Crippen LogP contribution in [0.15, 0.2) is 24.3 Å². The Hall–Kier alpha value is -2.08. The van der Waals surface area contributed by atoms with Crippen molar-refractivity contribution in [1.29, 1.82) is 0 Å². The zero-order valence-electron chi connectivity index (χ0n) is 15.9. The minimum atomic E-state index is -0.911. The van der Waals surface area contributed by atoms with E-state index in [0.717, 1.165) is 16.9 Å². The molecule has 1 saturated heterocycles. The van der Waals surface area contributed by atoms with Gasteiger partial charge in [0.1, 0.15) is 18.7 Å². The third-order valence-corrected chi connectivity index (χ3v) is 5.44. The average molecular weight is 393 g/mol. The van der Waals surface area contributed by atoms with E-state index in [2.05, 4.69) is 26.1 Å². The van der Waals surface area contributed by atoms with Gasteiger partial charge in [0, 0.05) is 5.02 Å². The van der Waals surface area contributed by atoms with Crippen LogP contribution < -0.4 is 5.32 Å². The topological polar surface area (TPSA) is 75.7 Å². The van der Waals surface area contributed by atoms with Crippen LogP contribution >= 0.6 is 11.6 Å². The molecule has 0 bridgehead atoms. The molecule has 27 heavy (non-hydrogen) atoms. The molecule has 1 aliphatic heterocycles. The highest BCUT2D eigenvalue weighted by Gasteiger charge is 2.56. The van der Waals surface area contributed by atoms with Crippen LogP contribution in [0.5, 0.6) is 0 Å². The summed E-state index contributed by atoms with van der Waals surface area (Å²) in [6.07, 6.45) is 2.16. The molecule has 6 nitrogen and oxygen atoms in total. The summed E-state index contributed by atoms with van der Waals surface area (Å²) in [4.78, 5) is 38.6. The largest absolute Gasteiger partial charge is 0.459 e. The molecular formula is C20H25ClN2O4. The van der Waals surface area contributed by atoms with E-state index in [9.17, 15) is 14.4 Å². The molecule has 1 aliphatic carbocycles. The smallest absolute Gasteiger partial charge is 0.326 e. The number of ether oxygens (including phenoxy) is 1. The van der Waals surface area contributed by atoms with E-state index >= 15 is 0 Å². The quantitative estimate of drug-likeness (QED) is 0.628. The first-order valence-corrected chi connectivity index (χ1v) is 9.52. The molecule has 2 atom stereocenters. The van der Waals surface area contributed by atoms with E-state index in [1.165, 1.54) is 0 Å². The van der Waals surface area contributed by atoms with Crippen LogP contribution in [-0.4, -0.2) is 34.9 Å². The molecule has 1 spiro atoms. The van der Waals surface area contributed by atoms with Gasteiger partial charge < -0.3 is 10.1 Å². The van der Waals surface area contributed by atoms with Crippen LogP contribution in [0.2, 0.25) is 5.02 Å². The van der Waals surface area contributed by atoms with Crippen molar-refractivity contribution in [3.63, 3.8) is 0 Å². The summed E-state index contributed by atoms with van der Waals surface area (Å²) in [6.45, 7) is 5.95. The number of nitrogens with one attached hydrogen (secondary N) is 1. The van der Waals surface area contributed by atoms with Crippen molar-refractivity contribution in [3.8, 4) is 0 Å². The van der Waals surface area contributed by atoms with Gasteiger partial charge in [-0.25, -0.2) is 4.79 Å². The lowest BCUT2D eigenvalue weighted by atomic mass is 9.64. The Bertz CT molecular complexity index is 779. The highest BCUT2D eigenvalue weighted by Crippen LogP contribution is 2.46. The van der Waals surface area contributed by atoms with Gasteiger partial charge in [0.2, 0.25) is 0 Å². The Morgan fingerprint density at radius 1 is 1.33 bits per heavy atom. The van der Waals surface area contributed by atoms with Crippen molar-refractivity contribution in [2.75, 3.05) is 6.54 Å². The fourth-order valence-corrected chi connectivity index (χ4v) is 4.83. The van der Waals surface area contributed by atoms with Crippen LogP contribution in [-0.2, 0) is 20.9 Å². The molecule has 2 fully saturated rings. The highest BCUT2D eigenvalue weighted by atomic mass is 35.5. The second-order valence-corrected chi connectivity index (χ2v) is 8.99. The summed E-state index contributed by atoms with van der Waals surface area (Å²) < 4.78 is 5.21. The Kier molecular flexibility index (Phi) is 5.21. The van der Waals surface area contributed by atoms with Crippen LogP contribution in [0.25, 0.3) is 0 Å². The van der Waals surface area contributed by atoms with Gasteiger partial charge in [-0.1, -0.05) is 44.5 Å². The van der Waals surface area contributed by atoms with Gasteiger partial charge in [-0.05, 0) is 48.3 Å². The standard InChI is InChI=1S/C20H25ClN2O4/c1-13-8-19(2,3)12-20(9-13)17(25)23(18(26)22-20)10-16(24)27-11-14-5-4-6-15(21)7-14/h4-7,13H,8-12H2,1-3H3,(H,22,26)/t13-,20-/m0/s1. The number of benzene rings is 1. The molecule has 1 saturated carbocycles. The third-order valence-electron chi connectivity index (χ3n) is 5.20. The van der Waals surface area contributed by atoms with Gasteiger partial charge in [0.25, 0.3) is 5.91 Å². The van der Waals surface area contributed by atoms with E-state index < -0.39 is 17.5 Å². The number of urea groups is 1. The lowest BCUT2D eigenvalue weighted by Gasteiger charge is -2.43. The monoisotopic (exact) mass is 392 g/mol. The lowest BCUT2D eigenvalue weighted by Crippen LogP contribution is -2.54. The molecule has 146 valence electrons. The lowest BCUT2D eigenvalue weighted by molar-refractivity contribution is -0.149. The maximum atomic E-state index is 13.0. The van der Waals surface area contributed by atoms with Gasteiger partial charge in [-0.15, -0.1) is 0 Å². The summed E-state index contributed by atoms with van der Waals surface area (Å²) in [6, 6.07) is 6.45. The van der Waals surface area contributed by atoms with Crippen molar-refractivity contribution in [1.82, 2.24) is 10.2 Å². The number of rotatable bonds is 4. The number of imide groups is 1. The molecule has 0 radical (unpaired) electrons. The van der Waals surface area contributed by atoms with E-state index in [0.29, 0.717) is 23.8 Å². The van der Waals surface area contributed by atoms with E-state index in [4.69, 9.17) is 16.3 Å². The second-order valence-electron chi connectivity index (χ2n) is 8.55. The Balaban J connectivity index is 1.64. The first-order valence-electron chi connectivity index (χ1n) is 9.14. The van der Waals surface area contributed by atoms with Crippen molar-refractivity contribution >= 4 is 29.5 Å².